The zero-order valence-electron chi connectivity index (χ0n) is 16.6. The summed E-state index contributed by atoms with van der Waals surface area (Å²) in [6.45, 7) is 0. The average Bonchev–Trinajstić information content (AvgIpc) is 2.82. The van der Waals surface area contributed by atoms with Crippen LogP contribution in [0.15, 0.2) is 72.9 Å². The number of aromatic hydroxyl groups is 1. The molecule has 2 aromatic carbocycles. The third kappa shape index (κ3) is 3.25. The normalized spacial score (nSPS) is 18.1. The van der Waals surface area contributed by atoms with E-state index in [-0.39, 0.29) is 17.7 Å². The number of fused-ring (bicyclic) bond motifs is 1. The largest absolute Gasteiger partial charge is 0.504 e. The zero-order valence-corrected chi connectivity index (χ0v) is 17.3. The molecule has 0 spiro atoms. The highest BCUT2D eigenvalue weighted by molar-refractivity contribution is 6.37. The number of phenolic OH excluding ortho intramolecular Hbond substituents is 1. The molecule has 2 atom stereocenters. The monoisotopic (exact) mass is 431 g/mol. The number of rotatable bonds is 4. The number of alkyl halides is 1. The number of carbonyl (C=O) groups is 1. The first-order chi connectivity index (χ1) is 15.1. The van der Waals surface area contributed by atoms with Crippen LogP contribution in [-0.2, 0) is 4.79 Å². The molecule has 0 bridgehead atoms. The van der Waals surface area contributed by atoms with Gasteiger partial charge in [0, 0.05) is 22.8 Å². The number of methoxy groups -OCH3 is 1. The van der Waals surface area contributed by atoms with Gasteiger partial charge in [0.2, 0.25) is 5.91 Å². The van der Waals surface area contributed by atoms with Gasteiger partial charge in [-0.15, -0.1) is 11.6 Å². The second-order valence-electron chi connectivity index (χ2n) is 7.28. The topological polar surface area (TPSA) is 75.5 Å². The first kappa shape index (κ1) is 19.3. The Morgan fingerprint density at radius 1 is 1.06 bits per heavy atom. The molecular formula is C24H18ClN3O3. The lowest BCUT2D eigenvalue weighted by Gasteiger charge is -2.44. The first-order valence-electron chi connectivity index (χ1n) is 9.73. The summed E-state index contributed by atoms with van der Waals surface area (Å²) in [7, 11) is 1.48. The number of hydrogen-bond donors (Lipinski definition) is 1. The number of nitrogens with zero attached hydrogens (tertiary/aromatic N) is 3. The molecule has 0 radical (unpaired) electrons. The molecule has 2 unspecified atom stereocenters. The third-order valence-corrected chi connectivity index (χ3v) is 5.90. The quantitative estimate of drug-likeness (QED) is 0.374. The van der Waals surface area contributed by atoms with E-state index < -0.39 is 5.38 Å². The smallest absolute Gasteiger partial charge is 0.248 e. The lowest BCUT2D eigenvalue weighted by Crippen LogP contribution is -2.56. The molecule has 1 fully saturated rings. The fourth-order valence-electron chi connectivity index (χ4n) is 3.84. The van der Waals surface area contributed by atoms with Crippen molar-refractivity contribution >= 4 is 34.2 Å². The number of aromatic nitrogens is 2. The number of hydrogen-bond acceptors (Lipinski definition) is 5. The standard InChI is InChI=1S/C24H18ClN3O3/c1-31-20-13-16(7-11-19(20)29)22-21(25)24(30)28(22)17-8-4-14(5-9-17)18-10-6-15-3-2-12-26-23(15)27-18/h2-13,21-22,29H,1H3. The van der Waals surface area contributed by atoms with Gasteiger partial charge >= 0.3 is 0 Å². The van der Waals surface area contributed by atoms with Gasteiger partial charge in [-0.25, -0.2) is 9.97 Å². The van der Waals surface area contributed by atoms with Crippen LogP contribution >= 0.6 is 11.6 Å². The molecule has 1 N–H and O–H groups in total. The Kier molecular flexibility index (Phi) is 4.71. The lowest BCUT2D eigenvalue weighted by molar-refractivity contribution is -0.123. The van der Waals surface area contributed by atoms with Crippen molar-refractivity contribution in [1.29, 1.82) is 0 Å². The molecule has 1 aliphatic rings. The molecule has 0 saturated carbocycles. The van der Waals surface area contributed by atoms with Crippen LogP contribution in [0.3, 0.4) is 0 Å². The molecule has 1 amide bonds. The number of halogens is 1. The Labute approximate surface area is 183 Å². The van der Waals surface area contributed by atoms with Crippen molar-refractivity contribution in [2.75, 3.05) is 12.0 Å². The fourth-order valence-corrected chi connectivity index (χ4v) is 4.21. The predicted molar refractivity (Wildman–Crippen MR) is 120 cm³/mol. The number of carbonyl (C=O) groups excluding carboxylic acids is 1. The Bertz CT molecular complexity index is 1290. The average molecular weight is 432 g/mol. The van der Waals surface area contributed by atoms with Crippen molar-refractivity contribution in [1.82, 2.24) is 9.97 Å². The molecule has 154 valence electrons. The van der Waals surface area contributed by atoms with E-state index in [9.17, 15) is 9.90 Å². The minimum Gasteiger partial charge on any atom is -0.504 e. The summed E-state index contributed by atoms with van der Waals surface area (Å²) < 4.78 is 5.19. The van der Waals surface area contributed by atoms with E-state index in [0.717, 1.165) is 27.9 Å². The van der Waals surface area contributed by atoms with Crippen LogP contribution in [0.4, 0.5) is 5.69 Å². The molecule has 3 heterocycles. The molecule has 1 aliphatic heterocycles. The summed E-state index contributed by atoms with van der Waals surface area (Å²) in [6.07, 6.45) is 1.72. The van der Waals surface area contributed by atoms with Crippen LogP contribution in [0.1, 0.15) is 11.6 Å². The van der Waals surface area contributed by atoms with E-state index >= 15 is 0 Å². The molecular weight excluding hydrogens is 414 g/mol. The number of amides is 1. The number of pyridine rings is 2. The van der Waals surface area contributed by atoms with E-state index in [4.69, 9.17) is 16.3 Å². The maximum Gasteiger partial charge on any atom is 0.248 e. The minimum atomic E-state index is -0.679. The number of ether oxygens (including phenoxy) is 1. The van der Waals surface area contributed by atoms with Gasteiger partial charge in [0.25, 0.3) is 0 Å². The zero-order chi connectivity index (χ0) is 21.5. The van der Waals surface area contributed by atoms with Crippen LogP contribution in [-0.4, -0.2) is 33.5 Å². The summed E-state index contributed by atoms with van der Waals surface area (Å²) in [6, 6.07) is 20.1. The highest BCUT2D eigenvalue weighted by Gasteiger charge is 2.48. The van der Waals surface area contributed by atoms with Crippen molar-refractivity contribution in [3.05, 3.63) is 78.5 Å². The van der Waals surface area contributed by atoms with E-state index in [1.165, 1.54) is 7.11 Å². The molecule has 6 nitrogen and oxygen atoms in total. The van der Waals surface area contributed by atoms with Gasteiger partial charge < -0.3 is 14.7 Å². The van der Waals surface area contributed by atoms with Crippen LogP contribution in [0, 0.1) is 0 Å². The molecule has 0 aliphatic carbocycles. The van der Waals surface area contributed by atoms with Crippen molar-refractivity contribution in [2.45, 2.75) is 11.4 Å². The fraction of sp³-hybridized carbons (Fsp3) is 0.125. The van der Waals surface area contributed by atoms with E-state index in [0.29, 0.717) is 11.4 Å². The molecule has 1 saturated heterocycles. The maximum absolute atomic E-state index is 12.6. The summed E-state index contributed by atoms with van der Waals surface area (Å²) >= 11 is 6.35. The van der Waals surface area contributed by atoms with Crippen molar-refractivity contribution in [2.24, 2.45) is 0 Å². The highest BCUT2D eigenvalue weighted by Crippen LogP contribution is 2.44. The SMILES string of the molecule is COc1cc(C2C(Cl)C(=O)N2c2ccc(-c3ccc4cccnc4n3)cc2)ccc1O. The van der Waals surface area contributed by atoms with Crippen LogP contribution in [0.5, 0.6) is 11.5 Å². The van der Waals surface area contributed by atoms with Crippen LogP contribution in [0.2, 0.25) is 0 Å². The Balaban J connectivity index is 1.45. The van der Waals surface area contributed by atoms with Gasteiger partial charge in [-0.2, -0.15) is 0 Å². The number of anilines is 1. The molecule has 4 aromatic rings. The summed E-state index contributed by atoms with van der Waals surface area (Å²) in [5.74, 6) is 0.211. The van der Waals surface area contributed by atoms with Gasteiger partial charge in [-0.05, 0) is 54.1 Å². The van der Waals surface area contributed by atoms with Crippen LogP contribution < -0.4 is 9.64 Å². The maximum atomic E-state index is 12.6. The predicted octanol–water partition coefficient (Wildman–Crippen LogP) is 4.71. The van der Waals surface area contributed by atoms with Gasteiger partial charge in [0.1, 0.15) is 5.38 Å². The number of benzene rings is 2. The van der Waals surface area contributed by atoms with Gasteiger partial charge in [-0.3, -0.25) is 4.79 Å². The Morgan fingerprint density at radius 2 is 1.87 bits per heavy atom. The van der Waals surface area contributed by atoms with Crippen molar-refractivity contribution < 1.29 is 14.6 Å². The van der Waals surface area contributed by atoms with Gasteiger partial charge in [0.15, 0.2) is 17.1 Å². The first-order valence-corrected chi connectivity index (χ1v) is 10.2. The highest BCUT2D eigenvalue weighted by atomic mass is 35.5. The summed E-state index contributed by atoms with van der Waals surface area (Å²) in [4.78, 5) is 23.1. The van der Waals surface area contributed by atoms with Crippen LogP contribution in [0.25, 0.3) is 22.3 Å². The summed E-state index contributed by atoms with van der Waals surface area (Å²) in [5, 5.41) is 10.2. The van der Waals surface area contributed by atoms with Gasteiger partial charge in [0.05, 0.1) is 18.8 Å². The summed E-state index contributed by atoms with van der Waals surface area (Å²) in [5.41, 5.74) is 3.95. The van der Waals surface area contributed by atoms with E-state index in [1.54, 1.807) is 29.3 Å². The molecule has 7 heteroatoms. The second-order valence-corrected chi connectivity index (χ2v) is 7.75. The lowest BCUT2D eigenvalue weighted by atomic mass is 9.92. The van der Waals surface area contributed by atoms with Gasteiger partial charge in [-0.1, -0.05) is 18.2 Å². The minimum absolute atomic E-state index is 0.0382. The number of phenols is 1. The van der Waals surface area contributed by atoms with Crippen molar-refractivity contribution in [3.8, 4) is 22.8 Å². The molecule has 2 aromatic heterocycles. The Morgan fingerprint density at radius 3 is 2.65 bits per heavy atom. The number of β-lactam (4-membered cyclic amide) rings is 1. The molecule has 31 heavy (non-hydrogen) atoms. The third-order valence-electron chi connectivity index (χ3n) is 5.48. The molecule has 5 rings (SSSR count). The van der Waals surface area contributed by atoms with Crippen molar-refractivity contribution in [3.63, 3.8) is 0 Å². The van der Waals surface area contributed by atoms with E-state index in [2.05, 4.69) is 9.97 Å². The Hall–Kier alpha value is -3.64. The second kappa shape index (κ2) is 7.56. The van der Waals surface area contributed by atoms with E-state index in [1.807, 2.05) is 48.5 Å².